The number of esters is 2. The SMILES string of the molecule is CCOC(=O)CCC(=O)c1ncc(C(=O)NC(c2ccc(F)cc2)c2ccc(F)cc2)c(=O)[nH]1.CCOC(=O)CN.Cl.O=C(O)c1ncc(C(=O)NC(c2ccc(F)cc2)c2ccc(F)cc2)c(=O)[nH]1.O=Cc1ncc(C(=O)NC(c2ccc(F)cc2)c2ccc(F)cc2)c(=O)[nH]1. The quantitative estimate of drug-likeness (QED) is 0.0148. The minimum absolute atomic E-state index is 0. The van der Waals surface area contributed by atoms with E-state index < -0.39 is 117 Å². The number of hydrogen-bond donors (Lipinski definition) is 8. The van der Waals surface area contributed by atoms with Gasteiger partial charge in [0, 0.05) is 25.0 Å². The van der Waals surface area contributed by atoms with Crippen LogP contribution in [0.1, 0.15) is 141 Å². The standard InChI is InChI=1S/C24H21F2N3O5.C19H13F2N3O4.C19H13F2N3O3.C4H9NO2.ClH/c1-2-34-20(31)12-11-19(30)22-27-13-18(24(33)29-22)23(32)28-21(14-3-7-16(25)8-4-14)15-5-9-17(26)10-6-15;20-12-5-1-10(2-6-12)15(11-3-7-13(21)8-4-11)23-17(25)14-9-22-16(19(27)28)24-18(14)26;20-13-5-1-11(2-6-13)17(12-3-7-14(21)8-4-12)24-19(27)15-9-22-16(10-25)23-18(15)26;1-2-7-4(6)3-5;/h3-10,13,21H,2,11-12H2,1H3,(H,28,32)(H,27,29,33);1-9,15H,(H,23,25)(H,27,28)(H,22,24,26);1-10,17H,(H,24,27)(H,22,23,26);2-3,5H2,1H3;1H. The van der Waals surface area contributed by atoms with Gasteiger partial charge in [0.15, 0.2) is 23.7 Å². The second-order valence-corrected chi connectivity index (χ2v) is 19.6. The molecule has 0 aliphatic rings. The fraction of sp³-hybridized carbons (Fsp3) is 0.152. The number of carboxylic acid groups (broad SMARTS) is 1. The van der Waals surface area contributed by atoms with E-state index in [1.54, 1.807) is 13.8 Å². The van der Waals surface area contributed by atoms with Gasteiger partial charge in [-0.25, -0.2) is 46.1 Å². The number of aromatic carboxylic acids is 1. The van der Waals surface area contributed by atoms with Crippen molar-refractivity contribution < 1.29 is 79.3 Å². The molecule has 9 rings (SSSR count). The highest BCUT2D eigenvalue weighted by Gasteiger charge is 2.25. The van der Waals surface area contributed by atoms with Gasteiger partial charge in [-0.15, -0.1) is 12.4 Å². The molecule has 0 aliphatic carbocycles. The lowest BCUT2D eigenvalue weighted by Gasteiger charge is -2.20. The number of nitrogens with one attached hydrogen (secondary N) is 6. The fourth-order valence-electron chi connectivity index (χ4n) is 8.42. The average molecular weight is 1360 g/mol. The van der Waals surface area contributed by atoms with Crippen molar-refractivity contribution in [3.05, 3.63) is 298 Å². The van der Waals surface area contributed by atoms with E-state index in [2.05, 4.69) is 45.6 Å². The summed E-state index contributed by atoms with van der Waals surface area (Å²) in [7, 11) is 0. The Morgan fingerprint density at radius 2 is 0.732 bits per heavy atom. The Balaban J connectivity index is 0.000000250. The van der Waals surface area contributed by atoms with Crippen LogP contribution in [0, 0.1) is 34.9 Å². The molecule has 9 N–H and O–H groups in total. The molecule has 24 nitrogen and oxygen atoms in total. The monoisotopic (exact) mass is 1360 g/mol. The Morgan fingerprint density at radius 1 is 0.454 bits per heavy atom. The fourth-order valence-corrected chi connectivity index (χ4v) is 8.42. The molecule has 31 heteroatoms. The predicted molar refractivity (Wildman–Crippen MR) is 336 cm³/mol. The number of ketones is 1. The number of aldehydes is 1. The third kappa shape index (κ3) is 22.6. The van der Waals surface area contributed by atoms with Crippen LogP contribution >= 0.6 is 12.4 Å². The summed E-state index contributed by atoms with van der Waals surface area (Å²) in [5.41, 5.74) is 4.30. The number of aromatic nitrogens is 6. The summed E-state index contributed by atoms with van der Waals surface area (Å²) in [6, 6.07) is 29.7. The summed E-state index contributed by atoms with van der Waals surface area (Å²) in [5, 5.41) is 16.7. The molecule has 6 aromatic carbocycles. The van der Waals surface area contributed by atoms with Crippen molar-refractivity contribution in [2.24, 2.45) is 5.73 Å². The molecule has 97 heavy (non-hydrogen) atoms. The maximum atomic E-state index is 13.4. The minimum Gasteiger partial charge on any atom is -0.475 e. The van der Waals surface area contributed by atoms with E-state index in [9.17, 15) is 79.1 Å². The second-order valence-electron chi connectivity index (χ2n) is 19.6. The molecule has 3 heterocycles. The number of benzene rings is 6. The van der Waals surface area contributed by atoms with Gasteiger partial charge in [0.25, 0.3) is 34.4 Å². The molecule has 3 amide bonds. The van der Waals surface area contributed by atoms with Crippen molar-refractivity contribution >= 4 is 60.1 Å². The van der Waals surface area contributed by atoms with Gasteiger partial charge in [-0.2, -0.15) is 0 Å². The first-order valence-corrected chi connectivity index (χ1v) is 28.4. The van der Waals surface area contributed by atoms with E-state index in [-0.39, 0.29) is 67.1 Å². The van der Waals surface area contributed by atoms with Gasteiger partial charge in [-0.1, -0.05) is 72.8 Å². The topological polar surface area (TPSA) is 375 Å². The number of carboxylic acids is 1. The van der Waals surface area contributed by atoms with Gasteiger partial charge in [0.2, 0.25) is 5.82 Å². The number of H-pyrrole nitrogens is 3. The van der Waals surface area contributed by atoms with Crippen LogP contribution in [-0.2, 0) is 19.1 Å². The number of amides is 3. The number of rotatable bonds is 21. The molecule has 504 valence electrons. The number of carbonyl (C=O) groups is 8. The van der Waals surface area contributed by atoms with Crippen LogP contribution in [-0.4, -0.2) is 102 Å². The molecule has 9 aromatic rings. The predicted octanol–water partition coefficient (Wildman–Crippen LogP) is 7.67. The Bertz CT molecular complexity index is 4260. The largest absolute Gasteiger partial charge is 0.475 e. The number of Topliss-reactive ketones (excluding diaryl/α,β-unsaturated/α-hetero) is 1. The van der Waals surface area contributed by atoms with E-state index in [1.807, 2.05) is 4.98 Å². The average Bonchev–Trinajstić information content (AvgIpc) is 0.846. The second kappa shape index (κ2) is 37.0. The third-order valence-electron chi connectivity index (χ3n) is 13.1. The lowest BCUT2D eigenvalue weighted by molar-refractivity contribution is -0.143. The highest BCUT2D eigenvalue weighted by molar-refractivity contribution is 5.97. The van der Waals surface area contributed by atoms with Crippen LogP contribution in [0.4, 0.5) is 26.3 Å². The third-order valence-corrected chi connectivity index (χ3v) is 13.1. The van der Waals surface area contributed by atoms with Crippen LogP contribution in [0.3, 0.4) is 0 Å². The van der Waals surface area contributed by atoms with E-state index >= 15 is 0 Å². The Morgan fingerprint density at radius 3 is 0.990 bits per heavy atom. The zero-order valence-electron chi connectivity index (χ0n) is 50.8. The van der Waals surface area contributed by atoms with Crippen molar-refractivity contribution in [2.75, 3.05) is 19.8 Å². The van der Waals surface area contributed by atoms with Crippen LogP contribution in [0.5, 0.6) is 0 Å². The number of nitrogens with zero attached hydrogens (tertiary/aromatic N) is 3. The lowest BCUT2D eigenvalue weighted by Crippen LogP contribution is -2.34. The molecule has 0 aliphatic heterocycles. The number of halogens is 7. The first kappa shape index (κ1) is 75.7. The van der Waals surface area contributed by atoms with Gasteiger partial charge in [-0.05, 0) is 120 Å². The van der Waals surface area contributed by atoms with Crippen molar-refractivity contribution in [2.45, 2.75) is 44.8 Å². The number of aromatic amines is 3. The Hall–Kier alpha value is -12.1. The van der Waals surface area contributed by atoms with Crippen LogP contribution in [0.25, 0.3) is 0 Å². The number of hydrogen-bond acceptors (Lipinski definition) is 17. The number of carbonyl (C=O) groups excluding carboxylic acids is 7. The molecule has 0 bridgehead atoms. The number of ether oxygens (including phenoxy) is 2. The summed E-state index contributed by atoms with van der Waals surface area (Å²) in [6.45, 7) is 3.96. The first-order valence-electron chi connectivity index (χ1n) is 28.4. The smallest absolute Gasteiger partial charge is 0.372 e. The van der Waals surface area contributed by atoms with Gasteiger partial charge >= 0.3 is 17.9 Å². The first-order chi connectivity index (χ1) is 45.9. The molecular weight excluding hydrogens is 1310 g/mol. The lowest BCUT2D eigenvalue weighted by atomic mass is 9.98. The van der Waals surface area contributed by atoms with Gasteiger partial charge in [0.05, 0.1) is 44.3 Å². The van der Waals surface area contributed by atoms with E-state index in [0.29, 0.717) is 46.3 Å². The van der Waals surface area contributed by atoms with E-state index in [0.717, 1.165) is 18.6 Å². The summed E-state index contributed by atoms with van der Waals surface area (Å²) in [5.74, 6) is -9.22. The zero-order chi connectivity index (χ0) is 70.0. The van der Waals surface area contributed by atoms with Gasteiger partial charge < -0.3 is 51.2 Å². The molecular formula is C66H57ClF6N10O14. The number of nitrogens with two attached hydrogens (primary N) is 1. The molecule has 0 saturated carbocycles. The van der Waals surface area contributed by atoms with Gasteiger partial charge in [-0.3, -0.25) is 47.9 Å². The summed E-state index contributed by atoms with van der Waals surface area (Å²) in [6.07, 6.45) is 2.76. The Kier molecular flexibility index (Phi) is 28.9. The molecule has 0 fully saturated rings. The molecule has 0 spiro atoms. The van der Waals surface area contributed by atoms with Crippen molar-refractivity contribution in [3.8, 4) is 0 Å². The summed E-state index contributed by atoms with van der Waals surface area (Å²) < 4.78 is 88.9. The zero-order valence-corrected chi connectivity index (χ0v) is 51.6. The molecule has 0 radical (unpaired) electrons. The van der Waals surface area contributed by atoms with Crippen molar-refractivity contribution in [3.63, 3.8) is 0 Å². The summed E-state index contributed by atoms with van der Waals surface area (Å²) in [4.78, 5) is 147. The van der Waals surface area contributed by atoms with Crippen molar-refractivity contribution in [1.82, 2.24) is 45.9 Å². The maximum Gasteiger partial charge on any atom is 0.372 e. The van der Waals surface area contributed by atoms with E-state index in [1.165, 1.54) is 146 Å². The molecule has 3 aromatic heterocycles. The molecule has 0 atom stereocenters. The highest BCUT2D eigenvalue weighted by atomic mass is 35.5. The summed E-state index contributed by atoms with van der Waals surface area (Å²) >= 11 is 0. The van der Waals surface area contributed by atoms with Crippen LogP contribution < -0.4 is 38.4 Å². The normalized spacial score (nSPS) is 10.4. The van der Waals surface area contributed by atoms with Crippen molar-refractivity contribution in [1.29, 1.82) is 0 Å². The van der Waals surface area contributed by atoms with Gasteiger partial charge in [0.1, 0.15) is 51.6 Å². The Labute approximate surface area is 551 Å². The van der Waals surface area contributed by atoms with Crippen LogP contribution in [0.15, 0.2) is 179 Å². The molecule has 0 saturated heterocycles. The molecule has 0 unspecified atom stereocenters. The highest BCUT2D eigenvalue weighted by Crippen LogP contribution is 2.26. The van der Waals surface area contributed by atoms with E-state index in [4.69, 9.17) is 15.6 Å². The van der Waals surface area contributed by atoms with Crippen LogP contribution in [0.2, 0.25) is 0 Å². The maximum absolute atomic E-state index is 13.4. The minimum atomic E-state index is -1.44.